The standard InChI is InChI=1S/C14H18FNO2/c1-3-12-9-18-7-6-16(12)14(17)13-5-4-11(15)8-10(13)2/h4-5,8,12H,3,6-7,9H2,1-2H3. The zero-order chi connectivity index (χ0) is 13.1. The van der Waals surface area contributed by atoms with Crippen LogP contribution in [-0.2, 0) is 4.74 Å². The van der Waals surface area contributed by atoms with Gasteiger partial charge < -0.3 is 9.64 Å². The number of ether oxygens (including phenoxy) is 1. The van der Waals surface area contributed by atoms with E-state index in [1.165, 1.54) is 12.1 Å². The maximum atomic E-state index is 13.1. The zero-order valence-corrected chi connectivity index (χ0v) is 10.8. The van der Waals surface area contributed by atoms with E-state index in [0.717, 1.165) is 6.42 Å². The molecule has 1 heterocycles. The molecular formula is C14H18FNO2. The minimum absolute atomic E-state index is 0.0253. The highest BCUT2D eigenvalue weighted by Gasteiger charge is 2.27. The number of nitrogens with zero attached hydrogens (tertiary/aromatic N) is 1. The van der Waals surface area contributed by atoms with Crippen LogP contribution in [0, 0.1) is 12.7 Å². The molecule has 1 unspecified atom stereocenters. The number of rotatable bonds is 2. The van der Waals surface area contributed by atoms with Crippen molar-refractivity contribution in [3.05, 3.63) is 35.1 Å². The van der Waals surface area contributed by atoms with Gasteiger partial charge >= 0.3 is 0 Å². The van der Waals surface area contributed by atoms with Gasteiger partial charge in [-0.3, -0.25) is 4.79 Å². The van der Waals surface area contributed by atoms with Gasteiger partial charge in [0, 0.05) is 12.1 Å². The molecule has 0 bridgehead atoms. The Kier molecular flexibility index (Phi) is 3.97. The van der Waals surface area contributed by atoms with Crippen LogP contribution in [0.4, 0.5) is 4.39 Å². The summed E-state index contributed by atoms with van der Waals surface area (Å²) in [7, 11) is 0. The number of amides is 1. The Morgan fingerprint density at radius 1 is 1.56 bits per heavy atom. The minimum atomic E-state index is -0.307. The van der Waals surface area contributed by atoms with Crippen molar-refractivity contribution in [3.8, 4) is 0 Å². The van der Waals surface area contributed by atoms with Crippen LogP contribution in [0.2, 0.25) is 0 Å². The molecule has 1 fully saturated rings. The maximum Gasteiger partial charge on any atom is 0.254 e. The van der Waals surface area contributed by atoms with Crippen LogP contribution in [0.15, 0.2) is 18.2 Å². The number of hydrogen-bond donors (Lipinski definition) is 0. The van der Waals surface area contributed by atoms with Crippen molar-refractivity contribution in [3.63, 3.8) is 0 Å². The molecule has 1 aromatic carbocycles. The predicted octanol–water partition coefficient (Wildman–Crippen LogP) is 2.39. The average molecular weight is 251 g/mol. The number of carbonyl (C=O) groups excluding carboxylic acids is 1. The number of carbonyl (C=O) groups is 1. The normalized spacial score (nSPS) is 19.9. The Morgan fingerprint density at radius 3 is 3.00 bits per heavy atom. The quantitative estimate of drug-likeness (QED) is 0.807. The summed E-state index contributed by atoms with van der Waals surface area (Å²) < 4.78 is 18.4. The highest BCUT2D eigenvalue weighted by molar-refractivity contribution is 5.95. The van der Waals surface area contributed by atoms with Crippen molar-refractivity contribution in [1.82, 2.24) is 4.90 Å². The van der Waals surface area contributed by atoms with Gasteiger partial charge in [-0.25, -0.2) is 4.39 Å². The number of hydrogen-bond acceptors (Lipinski definition) is 2. The molecule has 98 valence electrons. The number of benzene rings is 1. The molecule has 1 saturated heterocycles. The van der Waals surface area contributed by atoms with Crippen molar-refractivity contribution in [1.29, 1.82) is 0 Å². The first-order valence-corrected chi connectivity index (χ1v) is 6.28. The Bertz CT molecular complexity index is 447. The van der Waals surface area contributed by atoms with Gasteiger partial charge in [0.25, 0.3) is 5.91 Å². The van der Waals surface area contributed by atoms with Crippen molar-refractivity contribution in [2.24, 2.45) is 0 Å². The van der Waals surface area contributed by atoms with Crippen molar-refractivity contribution >= 4 is 5.91 Å². The molecule has 1 aromatic rings. The lowest BCUT2D eigenvalue weighted by Gasteiger charge is -2.35. The Hall–Kier alpha value is -1.42. The van der Waals surface area contributed by atoms with E-state index in [4.69, 9.17) is 4.74 Å². The molecule has 1 amide bonds. The van der Waals surface area contributed by atoms with E-state index in [9.17, 15) is 9.18 Å². The highest BCUT2D eigenvalue weighted by Crippen LogP contribution is 2.18. The van der Waals surface area contributed by atoms with Crippen molar-refractivity contribution < 1.29 is 13.9 Å². The molecule has 3 nitrogen and oxygen atoms in total. The number of halogens is 1. The molecule has 18 heavy (non-hydrogen) atoms. The van der Waals surface area contributed by atoms with Crippen LogP contribution < -0.4 is 0 Å². The first-order chi connectivity index (χ1) is 8.63. The molecular weight excluding hydrogens is 233 g/mol. The molecule has 2 rings (SSSR count). The molecule has 1 aliphatic heterocycles. The largest absolute Gasteiger partial charge is 0.377 e. The van der Waals surface area contributed by atoms with Crippen molar-refractivity contribution in [2.75, 3.05) is 19.8 Å². The fourth-order valence-electron chi connectivity index (χ4n) is 2.28. The van der Waals surface area contributed by atoms with Crippen LogP contribution in [0.1, 0.15) is 29.3 Å². The Balaban J connectivity index is 2.24. The summed E-state index contributed by atoms with van der Waals surface area (Å²) in [5.74, 6) is -0.333. The van der Waals surface area contributed by atoms with E-state index < -0.39 is 0 Å². The number of morpholine rings is 1. The third-order valence-electron chi connectivity index (χ3n) is 3.38. The first-order valence-electron chi connectivity index (χ1n) is 6.28. The zero-order valence-electron chi connectivity index (χ0n) is 10.8. The van der Waals surface area contributed by atoms with Gasteiger partial charge in [0.1, 0.15) is 5.82 Å². The van der Waals surface area contributed by atoms with Crippen LogP contribution in [0.25, 0.3) is 0 Å². The second-order valence-corrected chi connectivity index (χ2v) is 4.59. The molecule has 0 radical (unpaired) electrons. The molecule has 0 aliphatic carbocycles. The van der Waals surface area contributed by atoms with E-state index in [1.807, 2.05) is 11.8 Å². The second kappa shape index (κ2) is 5.48. The SMILES string of the molecule is CCC1COCCN1C(=O)c1ccc(F)cc1C. The van der Waals surface area contributed by atoms with Gasteiger partial charge in [-0.1, -0.05) is 6.92 Å². The van der Waals surface area contributed by atoms with Crippen LogP contribution in [0.3, 0.4) is 0 Å². The minimum Gasteiger partial charge on any atom is -0.377 e. The van der Waals surface area contributed by atoms with Crippen LogP contribution in [-0.4, -0.2) is 36.6 Å². The molecule has 0 N–H and O–H groups in total. The molecule has 0 spiro atoms. The van der Waals surface area contributed by atoms with E-state index in [1.54, 1.807) is 13.0 Å². The fraction of sp³-hybridized carbons (Fsp3) is 0.500. The Morgan fingerprint density at radius 2 is 2.33 bits per heavy atom. The molecule has 4 heteroatoms. The van der Waals surface area contributed by atoms with Crippen LogP contribution in [0.5, 0.6) is 0 Å². The smallest absolute Gasteiger partial charge is 0.254 e. The summed E-state index contributed by atoms with van der Waals surface area (Å²) in [6.45, 7) is 5.56. The van der Waals surface area contributed by atoms with Crippen molar-refractivity contribution in [2.45, 2.75) is 26.3 Å². The lowest BCUT2D eigenvalue weighted by molar-refractivity contribution is -0.00284. The average Bonchev–Trinajstić information content (AvgIpc) is 2.38. The van der Waals surface area contributed by atoms with Crippen LogP contribution >= 0.6 is 0 Å². The molecule has 0 saturated carbocycles. The monoisotopic (exact) mass is 251 g/mol. The molecule has 1 atom stereocenters. The molecule has 0 aromatic heterocycles. The summed E-state index contributed by atoms with van der Waals surface area (Å²) in [4.78, 5) is 14.3. The summed E-state index contributed by atoms with van der Waals surface area (Å²) >= 11 is 0. The first kappa shape index (κ1) is 13.0. The second-order valence-electron chi connectivity index (χ2n) is 4.59. The summed E-state index contributed by atoms with van der Waals surface area (Å²) in [6, 6.07) is 4.42. The Labute approximate surface area is 107 Å². The summed E-state index contributed by atoms with van der Waals surface area (Å²) in [6.07, 6.45) is 0.867. The summed E-state index contributed by atoms with van der Waals surface area (Å²) in [5.41, 5.74) is 1.26. The van der Waals surface area contributed by atoms with E-state index in [2.05, 4.69) is 0 Å². The topological polar surface area (TPSA) is 29.5 Å². The van der Waals surface area contributed by atoms with Gasteiger partial charge in [-0.05, 0) is 37.1 Å². The van der Waals surface area contributed by atoms with E-state index >= 15 is 0 Å². The lowest BCUT2D eigenvalue weighted by Crippen LogP contribution is -2.48. The van der Waals surface area contributed by atoms with Gasteiger partial charge in [-0.15, -0.1) is 0 Å². The predicted molar refractivity (Wildman–Crippen MR) is 67.1 cm³/mol. The lowest BCUT2D eigenvalue weighted by atomic mass is 10.1. The van der Waals surface area contributed by atoms with Gasteiger partial charge in [0.05, 0.1) is 19.3 Å². The third kappa shape index (κ3) is 2.53. The van der Waals surface area contributed by atoms with E-state index in [-0.39, 0.29) is 17.8 Å². The number of aryl methyl sites for hydroxylation is 1. The van der Waals surface area contributed by atoms with Gasteiger partial charge in [-0.2, -0.15) is 0 Å². The third-order valence-corrected chi connectivity index (χ3v) is 3.38. The van der Waals surface area contributed by atoms with Gasteiger partial charge in [0.15, 0.2) is 0 Å². The fourth-order valence-corrected chi connectivity index (χ4v) is 2.28. The highest BCUT2D eigenvalue weighted by atomic mass is 19.1. The van der Waals surface area contributed by atoms with E-state index in [0.29, 0.717) is 30.9 Å². The maximum absolute atomic E-state index is 13.1. The summed E-state index contributed by atoms with van der Waals surface area (Å²) in [5, 5.41) is 0. The van der Waals surface area contributed by atoms with Gasteiger partial charge in [0.2, 0.25) is 0 Å². The molecule has 1 aliphatic rings.